The normalized spacial score (nSPS) is 12.2. The van der Waals surface area contributed by atoms with Gasteiger partial charge in [0.05, 0.1) is 28.6 Å². The number of rotatable bonds is 10. The van der Waals surface area contributed by atoms with Gasteiger partial charge in [0.1, 0.15) is 12.4 Å². The number of aromatic nitrogens is 2. The van der Waals surface area contributed by atoms with Crippen molar-refractivity contribution in [3.8, 4) is 11.5 Å². The van der Waals surface area contributed by atoms with E-state index in [1.807, 2.05) is 38.1 Å². The van der Waals surface area contributed by atoms with Crippen molar-refractivity contribution in [2.75, 3.05) is 6.61 Å². The molecule has 0 saturated heterocycles. The van der Waals surface area contributed by atoms with E-state index in [-0.39, 0.29) is 41.9 Å². The van der Waals surface area contributed by atoms with Crippen molar-refractivity contribution >= 4 is 70.6 Å². The Labute approximate surface area is 255 Å². The molecule has 0 spiro atoms. The van der Waals surface area contributed by atoms with Crippen LogP contribution in [0.25, 0.3) is 10.9 Å². The summed E-state index contributed by atoms with van der Waals surface area (Å²) in [6.45, 7) is 6.08. The van der Waals surface area contributed by atoms with Gasteiger partial charge in [0.15, 0.2) is 5.75 Å². The first-order valence-corrected chi connectivity index (χ1v) is 14.8. The molecule has 0 unspecified atom stereocenters. The third-order valence-corrected chi connectivity index (χ3v) is 7.87. The lowest BCUT2D eigenvalue weighted by atomic mass is 10.1. The summed E-state index contributed by atoms with van der Waals surface area (Å²) >= 11 is 10.3. The fourth-order valence-electron chi connectivity index (χ4n) is 3.92. The molecule has 4 rings (SSSR count). The molecule has 0 aliphatic rings. The van der Waals surface area contributed by atoms with Crippen LogP contribution >= 0.6 is 47.8 Å². The summed E-state index contributed by atoms with van der Waals surface area (Å²) in [5.74, 6) is 0.646. The molecule has 1 aromatic heterocycles. The van der Waals surface area contributed by atoms with Gasteiger partial charge in [-0.3, -0.25) is 14.9 Å². The van der Waals surface area contributed by atoms with Crippen molar-refractivity contribution < 1.29 is 14.4 Å². The average Bonchev–Trinajstić information content (AvgIpc) is 2.92. The van der Waals surface area contributed by atoms with E-state index < -0.39 is 4.92 Å². The van der Waals surface area contributed by atoms with Crippen molar-refractivity contribution in [1.29, 1.82) is 0 Å². The predicted octanol–water partition coefficient (Wildman–Crippen LogP) is 7.97. The third kappa shape index (κ3) is 6.61. The highest BCUT2D eigenvalue weighted by Crippen LogP contribution is 2.39. The first kappa shape index (κ1) is 29.9. The van der Waals surface area contributed by atoms with Crippen molar-refractivity contribution in [2.45, 2.75) is 39.7 Å². The lowest BCUT2D eigenvalue weighted by Crippen LogP contribution is -2.23. The summed E-state index contributed by atoms with van der Waals surface area (Å²) in [4.78, 5) is 29.7. The van der Waals surface area contributed by atoms with E-state index in [9.17, 15) is 14.9 Å². The summed E-state index contributed by atoms with van der Waals surface area (Å²) in [5.41, 5.74) is 1.12. The van der Waals surface area contributed by atoms with Gasteiger partial charge in [-0.1, -0.05) is 67.7 Å². The maximum Gasteiger partial charge on any atom is 0.315 e. The van der Waals surface area contributed by atoms with Gasteiger partial charge in [0, 0.05) is 36.5 Å². The van der Waals surface area contributed by atoms with E-state index in [1.165, 1.54) is 17.0 Å². The van der Waals surface area contributed by atoms with Crippen LogP contribution in [0.2, 0.25) is 0 Å². The van der Waals surface area contributed by atoms with E-state index in [1.54, 1.807) is 25.1 Å². The van der Waals surface area contributed by atoms with Gasteiger partial charge in [0.25, 0.3) is 5.56 Å². The van der Waals surface area contributed by atoms with Gasteiger partial charge in [-0.2, -0.15) is 9.78 Å². The summed E-state index contributed by atoms with van der Waals surface area (Å²) in [6.07, 6.45) is 2.13. The molecule has 0 N–H and O–H groups in total. The zero-order chi connectivity index (χ0) is 29.0. The number of nitrogens with zero attached hydrogens (tertiary/aromatic N) is 4. The Hall–Kier alpha value is -3.09. The van der Waals surface area contributed by atoms with Crippen LogP contribution in [-0.2, 0) is 6.61 Å². The first-order valence-electron chi connectivity index (χ1n) is 12.4. The zero-order valence-corrected chi connectivity index (χ0v) is 26.6. The molecule has 0 bridgehead atoms. The third-order valence-electron chi connectivity index (χ3n) is 6.15. The van der Waals surface area contributed by atoms with Crippen LogP contribution in [-0.4, -0.2) is 27.4 Å². The Kier molecular flexibility index (Phi) is 9.75. The average molecular weight is 737 g/mol. The minimum Gasteiger partial charge on any atom is -0.490 e. The lowest BCUT2D eigenvalue weighted by Gasteiger charge is -2.15. The Morgan fingerprint density at radius 1 is 1.07 bits per heavy atom. The second-order valence-corrected chi connectivity index (χ2v) is 11.6. The maximum atomic E-state index is 13.4. The van der Waals surface area contributed by atoms with Crippen molar-refractivity contribution in [2.24, 2.45) is 5.10 Å². The highest BCUT2D eigenvalue weighted by Gasteiger charge is 2.23. The van der Waals surface area contributed by atoms with Crippen molar-refractivity contribution in [1.82, 2.24) is 9.66 Å². The summed E-state index contributed by atoms with van der Waals surface area (Å²) in [7, 11) is 0. The molecule has 0 fully saturated rings. The van der Waals surface area contributed by atoms with E-state index in [2.05, 4.69) is 52.9 Å². The van der Waals surface area contributed by atoms with Crippen LogP contribution in [0.15, 0.2) is 71.8 Å². The molecule has 9 nitrogen and oxygen atoms in total. The molecule has 0 amide bonds. The van der Waals surface area contributed by atoms with Crippen LogP contribution in [0.5, 0.6) is 11.5 Å². The molecule has 0 saturated carbocycles. The van der Waals surface area contributed by atoms with Gasteiger partial charge in [-0.15, -0.1) is 0 Å². The van der Waals surface area contributed by atoms with Gasteiger partial charge in [-0.25, -0.2) is 4.98 Å². The maximum absolute atomic E-state index is 13.4. The Morgan fingerprint density at radius 3 is 2.48 bits per heavy atom. The highest BCUT2D eigenvalue weighted by molar-refractivity contribution is 9.11. The van der Waals surface area contributed by atoms with Crippen LogP contribution in [0, 0.1) is 10.1 Å². The van der Waals surface area contributed by atoms with E-state index in [4.69, 9.17) is 14.5 Å². The molecule has 1 atom stereocenters. The number of nitro groups is 1. The quantitative estimate of drug-likeness (QED) is 0.0929. The number of fused-ring (bicyclic) bond motifs is 1. The molecule has 4 aromatic rings. The van der Waals surface area contributed by atoms with Gasteiger partial charge in [0.2, 0.25) is 5.75 Å². The number of hydrogen-bond acceptors (Lipinski definition) is 7. The largest absolute Gasteiger partial charge is 0.490 e. The molecule has 12 heteroatoms. The van der Waals surface area contributed by atoms with E-state index in [0.717, 1.165) is 25.4 Å². The zero-order valence-electron chi connectivity index (χ0n) is 21.9. The van der Waals surface area contributed by atoms with Crippen molar-refractivity contribution in [3.05, 3.63) is 99.4 Å². The molecule has 3 aromatic carbocycles. The van der Waals surface area contributed by atoms with Crippen LogP contribution in [0.3, 0.4) is 0 Å². The molecule has 0 aliphatic heterocycles. The molecule has 208 valence electrons. The molecule has 0 aliphatic carbocycles. The summed E-state index contributed by atoms with van der Waals surface area (Å²) in [6, 6.07) is 13.8. The Morgan fingerprint density at radius 2 is 1.80 bits per heavy atom. The SMILES string of the molecule is CCOc1cc(C=Nn2c([C@H](C)CC)nc3ccc(Br)cc3c2=O)cc([N+](=O)[O-])c1OCc1ccc(Br)cc1Br. The second kappa shape index (κ2) is 13.0. The minimum absolute atomic E-state index is 0.00787. The number of hydrogen-bond donors (Lipinski definition) is 0. The highest BCUT2D eigenvalue weighted by atomic mass is 79.9. The lowest BCUT2D eigenvalue weighted by molar-refractivity contribution is -0.386. The smallest absolute Gasteiger partial charge is 0.315 e. The van der Waals surface area contributed by atoms with Crippen LogP contribution < -0.4 is 15.0 Å². The standard InChI is InChI=1S/C28H25Br3N4O5/c1-4-16(3)27-33-23-9-8-19(29)12-21(23)28(36)34(27)32-14-17-10-24(35(37)38)26(25(11-17)39-5-2)40-15-18-6-7-20(30)13-22(18)31/h6-14,16H,4-5,15H2,1-3H3/t16-/m1/s1. The van der Waals surface area contributed by atoms with Gasteiger partial charge in [-0.05, 0) is 49.7 Å². The van der Waals surface area contributed by atoms with Crippen LogP contribution in [0.4, 0.5) is 5.69 Å². The Balaban J connectivity index is 1.78. The number of halogens is 3. The fourth-order valence-corrected chi connectivity index (χ4v) is 5.44. The molecular formula is C28H25Br3N4O5. The molecule has 40 heavy (non-hydrogen) atoms. The number of ether oxygens (including phenoxy) is 2. The molecular weight excluding hydrogens is 712 g/mol. The minimum atomic E-state index is -0.530. The van der Waals surface area contributed by atoms with E-state index >= 15 is 0 Å². The summed E-state index contributed by atoms with van der Waals surface area (Å²) < 4.78 is 15.3. The van der Waals surface area contributed by atoms with Gasteiger partial charge < -0.3 is 9.47 Å². The topological polar surface area (TPSA) is 109 Å². The van der Waals surface area contributed by atoms with Crippen molar-refractivity contribution in [3.63, 3.8) is 0 Å². The van der Waals surface area contributed by atoms with Gasteiger partial charge >= 0.3 is 5.69 Å². The second-order valence-electron chi connectivity index (χ2n) is 8.88. The monoisotopic (exact) mass is 734 g/mol. The van der Waals surface area contributed by atoms with E-state index in [0.29, 0.717) is 22.3 Å². The molecule has 0 radical (unpaired) electrons. The van der Waals surface area contributed by atoms with Crippen LogP contribution in [0.1, 0.15) is 50.1 Å². The summed E-state index contributed by atoms with van der Waals surface area (Å²) in [5, 5.41) is 16.9. The predicted molar refractivity (Wildman–Crippen MR) is 166 cm³/mol. The molecule has 1 heterocycles. The number of nitro benzene ring substituents is 1. The fraction of sp³-hybridized carbons (Fsp3) is 0.250. The first-order chi connectivity index (χ1) is 19.1. The Bertz CT molecular complexity index is 1670. The number of benzene rings is 3.